The fourth-order valence-electron chi connectivity index (χ4n) is 2.72. The lowest BCUT2D eigenvalue weighted by atomic mass is 9.92. The molecule has 4 heteroatoms. The number of methoxy groups -OCH3 is 2. The van der Waals surface area contributed by atoms with Crippen LogP contribution in [0.3, 0.4) is 0 Å². The van der Waals surface area contributed by atoms with Gasteiger partial charge in [-0.1, -0.05) is 12.8 Å². The summed E-state index contributed by atoms with van der Waals surface area (Å²) in [5, 5.41) is 0. The van der Waals surface area contributed by atoms with Crippen molar-refractivity contribution in [1.82, 2.24) is 0 Å². The Hall–Kier alpha value is -0.740. The van der Waals surface area contributed by atoms with E-state index < -0.39 is 0 Å². The Labute approximate surface area is 117 Å². The summed E-state index contributed by atoms with van der Waals surface area (Å²) in [4.78, 5) is 0. The van der Waals surface area contributed by atoms with Crippen molar-refractivity contribution >= 4 is 15.9 Å². The summed E-state index contributed by atoms with van der Waals surface area (Å²) >= 11 is 3.47. The third kappa shape index (κ3) is 2.64. The van der Waals surface area contributed by atoms with Gasteiger partial charge in [0.25, 0.3) is 0 Å². The third-order valence-corrected chi connectivity index (χ3v) is 4.39. The van der Waals surface area contributed by atoms with E-state index in [2.05, 4.69) is 15.9 Å². The standard InChI is InChI=1S/C14H20BrNO2/c1-17-12-8-11(15)13(18-2)7-10(12)14(16)9-5-3-4-6-9/h7-9,14H,3-6,16H2,1-2H3/t14-/m0/s1. The van der Waals surface area contributed by atoms with Gasteiger partial charge in [0.15, 0.2) is 0 Å². The molecule has 2 rings (SSSR count). The van der Waals surface area contributed by atoms with Crippen LogP contribution < -0.4 is 15.2 Å². The second kappa shape index (κ2) is 5.93. The third-order valence-electron chi connectivity index (χ3n) is 3.77. The Morgan fingerprint density at radius 1 is 1.17 bits per heavy atom. The molecule has 1 aliphatic carbocycles. The molecule has 2 N–H and O–H groups in total. The Morgan fingerprint density at radius 3 is 2.33 bits per heavy atom. The Bertz CT molecular complexity index is 417. The lowest BCUT2D eigenvalue weighted by Crippen LogP contribution is -2.20. The lowest BCUT2D eigenvalue weighted by Gasteiger charge is -2.22. The van der Waals surface area contributed by atoms with Gasteiger partial charge in [-0.2, -0.15) is 0 Å². The summed E-state index contributed by atoms with van der Waals surface area (Å²) in [6, 6.07) is 3.96. The Balaban J connectivity index is 2.34. The summed E-state index contributed by atoms with van der Waals surface area (Å²) in [5.41, 5.74) is 7.45. The largest absolute Gasteiger partial charge is 0.496 e. The molecular formula is C14H20BrNO2. The molecule has 0 bridgehead atoms. The first-order valence-corrected chi connectivity index (χ1v) is 7.13. The minimum absolute atomic E-state index is 0.0319. The number of hydrogen-bond acceptors (Lipinski definition) is 3. The van der Waals surface area contributed by atoms with Crippen LogP contribution in [0.15, 0.2) is 16.6 Å². The van der Waals surface area contributed by atoms with Gasteiger partial charge >= 0.3 is 0 Å². The summed E-state index contributed by atoms with van der Waals surface area (Å²) in [5.74, 6) is 2.20. The highest BCUT2D eigenvalue weighted by Gasteiger charge is 2.26. The smallest absolute Gasteiger partial charge is 0.133 e. The molecule has 1 fully saturated rings. The van der Waals surface area contributed by atoms with E-state index in [1.54, 1.807) is 14.2 Å². The molecule has 3 nitrogen and oxygen atoms in total. The highest BCUT2D eigenvalue weighted by atomic mass is 79.9. The maximum absolute atomic E-state index is 6.40. The molecule has 0 unspecified atom stereocenters. The number of ether oxygens (including phenoxy) is 2. The molecule has 1 saturated carbocycles. The molecule has 18 heavy (non-hydrogen) atoms. The van der Waals surface area contributed by atoms with Gasteiger partial charge in [0, 0.05) is 11.6 Å². The number of rotatable bonds is 4. The van der Waals surface area contributed by atoms with E-state index in [0.717, 1.165) is 21.5 Å². The van der Waals surface area contributed by atoms with Gasteiger partial charge in [0.2, 0.25) is 0 Å². The van der Waals surface area contributed by atoms with E-state index in [9.17, 15) is 0 Å². The van der Waals surface area contributed by atoms with Gasteiger partial charge in [-0.15, -0.1) is 0 Å². The Kier molecular flexibility index (Phi) is 4.51. The maximum Gasteiger partial charge on any atom is 0.133 e. The van der Waals surface area contributed by atoms with Gasteiger partial charge in [0.1, 0.15) is 11.5 Å². The molecule has 0 spiro atoms. The van der Waals surface area contributed by atoms with Crippen LogP contribution in [-0.2, 0) is 0 Å². The maximum atomic E-state index is 6.40. The normalized spacial score (nSPS) is 17.8. The summed E-state index contributed by atoms with van der Waals surface area (Å²) in [7, 11) is 3.34. The number of benzene rings is 1. The quantitative estimate of drug-likeness (QED) is 0.922. The van der Waals surface area contributed by atoms with Crippen molar-refractivity contribution in [3.8, 4) is 11.5 Å². The van der Waals surface area contributed by atoms with Crippen molar-refractivity contribution in [1.29, 1.82) is 0 Å². The number of halogens is 1. The Morgan fingerprint density at radius 2 is 1.78 bits per heavy atom. The number of nitrogens with two attached hydrogens (primary N) is 1. The van der Waals surface area contributed by atoms with E-state index in [-0.39, 0.29) is 6.04 Å². The monoisotopic (exact) mass is 313 g/mol. The fourth-order valence-corrected chi connectivity index (χ4v) is 3.20. The van der Waals surface area contributed by atoms with Gasteiger partial charge in [-0.05, 0) is 46.8 Å². The van der Waals surface area contributed by atoms with Crippen molar-refractivity contribution in [2.75, 3.05) is 14.2 Å². The highest BCUT2D eigenvalue weighted by molar-refractivity contribution is 9.10. The van der Waals surface area contributed by atoms with E-state index >= 15 is 0 Å². The van der Waals surface area contributed by atoms with Crippen LogP contribution >= 0.6 is 15.9 Å². The second-order valence-corrected chi connectivity index (χ2v) is 5.65. The molecule has 1 aromatic carbocycles. The minimum atomic E-state index is 0.0319. The molecule has 0 heterocycles. The molecule has 0 saturated heterocycles. The first kappa shape index (κ1) is 13.7. The van der Waals surface area contributed by atoms with Crippen LogP contribution in [0, 0.1) is 5.92 Å². The van der Waals surface area contributed by atoms with E-state index in [1.807, 2.05) is 12.1 Å². The van der Waals surface area contributed by atoms with Gasteiger partial charge in [-0.25, -0.2) is 0 Å². The van der Waals surface area contributed by atoms with Crippen LogP contribution in [0.25, 0.3) is 0 Å². The van der Waals surface area contributed by atoms with Crippen molar-refractivity contribution in [2.45, 2.75) is 31.7 Å². The predicted molar refractivity (Wildman–Crippen MR) is 76.1 cm³/mol. The topological polar surface area (TPSA) is 44.5 Å². The van der Waals surface area contributed by atoms with Crippen molar-refractivity contribution < 1.29 is 9.47 Å². The van der Waals surface area contributed by atoms with E-state index in [0.29, 0.717) is 5.92 Å². The van der Waals surface area contributed by atoms with Gasteiger partial charge < -0.3 is 15.2 Å². The van der Waals surface area contributed by atoms with Crippen molar-refractivity contribution in [3.63, 3.8) is 0 Å². The second-order valence-electron chi connectivity index (χ2n) is 4.80. The van der Waals surface area contributed by atoms with E-state index in [4.69, 9.17) is 15.2 Å². The molecule has 1 aliphatic rings. The first-order valence-electron chi connectivity index (χ1n) is 6.34. The first-order chi connectivity index (χ1) is 8.67. The zero-order valence-electron chi connectivity index (χ0n) is 10.9. The molecular weight excluding hydrogens is 294 g/mol. The van der Waals surface area contributed by atoms with Crippen LogP contribution in [-0.4, -0.2) is 14.2 Å². The molecule has 0 amide bonds. The van der Waals surface area contributed by atoms with Crippen LogP contribution in [0.1, 0.15) is 37.3 Å². The average Bonchev–Trinajstić information content (AvgIpc) is 2.91. The van der Waals surface area contributed by atoms with Crippen LogP contribution in [0.2, 0.25) is 0 Å². The highest BCUT2D eigenvalue weighted by Crippen LogP contribution is 2.41. The van der Waals surface area contributed by atoms with Crippen molar-refractivity contribution in [2.24, 2.45) is 11.7 Å². The van der Waals surface area contributed by atoms with Gasteiger partial charge in [0.05, 0.1) is 18.7 Å². The van der Waals surface area contributed by atoms with Crippen LogP contribution in [0.5, 0.6) is 11.5 Å². The summed E-state index contributed by atoms with van der Waals surface area (Å²) in [6.45, 7) is 0. The zero-order valence-corrected chi connectivity index (χ0v) is 12.5. The average molecular weight is 314 g/mol. The molecule has 1 atom stereocenters. The summed E-state index contributed by atoms with van der Waals surface area (Å²) < 4.78 is 11.7. The molecule has 1 aromatic rings. The molecule has 0 aliphatic heterocycles. The minimum Gasteiger partial charge on any atom is -0.496 e. The van der Waals surface area contributed by atoms with Gasteiger partial charge in [-0.3, -0.25) is 0 Å². The van der Waals surface area contributed by atoms with Crippen LogP contribution in [0.4, 0.5) is 0 Å². The fraction of sp³-hybridized carbons (Fsp3) is 0.571. The molecule has 100 valence electrons. The predicted octanol–water partition coefficient (Wildman–Crippen LogP) is 3.66. The zero-order chi connectivity index (χ0) is 13.1. The van der Waals surface area contributed by atoms with Crippen molar-refractivity contribution in [3.05, 3.63) is 22.2 Å². The molecule has 0 aromatic heterocycles. The summed E-state index contributed by atoms with van der Waals surface area (Å²) in [6.07, 6.45) is 4.99. The molecule has 0 radical (unpaired) electrons. The number of hydrogen-bond donors (Lipinski definition) is 1. The lowest BCUT2D eigenvalue weighted by molar-refractivity contribution is 0.376. The van der Waals surface area contributed by atoms with E-state index in [1.165, 1.54) is 25.7 Å². The SMILES string of the molecule is COc1cc([C@@H](N)C2CCCC2)c(OC)cc1Br.